The summed E-state index contributed by atoms with van der Waals surface area (Å²) < 4.78 is 43.7. The normalized spacial score (nSPS) is 19.6. The van der Waals surface area contributed by atoms with Crippen molar-refractivity contribution in [2.24, 2.45) is 0 Å². The number of rotatable bonds is 3. The van der Waals surface area contributed by atoms with Gasteiger partial charge in [-0.3, -0.25) is 9.88 Å². The molecule has 0 amide bonds. The van der Waals surface area contributed by atoms with Crippen LogP contribution in [0.4, 0.5) is 13.2 Å². The van der Waals surface area contributed by atoms with E-state index < -0.39 is 11.8 Å². The Morgan fingerprint density at radius 1 is 1.44 bits per heavy atom. The van der Waals surface area contributed by atoms with Gasteiger partial charge in [-0.15, -0.1) is 0 Å². The molecular formula is C11H12BrF3N2O. The SMILES string of the molecule is COC1(C(F)(F)F)CN(Cc2cncc(Br)c2)C1. The number of nitrogens with zero attached hydrogens (tertiary/aromatic N) is 2. The van der Waals surface area contributed by atoms with Crippen LogP contribution in [0.25, 0.3) is 0 Å². The van der Waals surface area contributed by atoms with Crippen LogP contribution in [0.3, 0.4) is 0 Å². The highest BCUT2D eigenvalue weighted by atomic mass is 79.9. The average molecular weight is 325 g/mol. The lowest BCUT2D eigenvalue weighted by molar-refractivity contribution is -0.312. The summed E-state index contributed by atoms with van der Waals surface area (Å²) in [5, 5.41) is 0. The van der Waals surface area contributed by atoms with E-state index in [4.69, 9.17) is 0 Å². The van der Waals surface area contributed by atoms with Crippen LogP contribution < -0.4 is 0 Å². The van der Waals surface area contributed by atoms with Crippen LogP contribution in [-0.4, -0.2) is 41.9 Å². The minimum absolute atomic E-state index is 0.139. The number of aromatic nitrogens is 1. The first-order chi connectivity index (χ1) is 8.36. The molecule has 18 heavy (non-hydrogen) atoms. The molecule has 1 aliphatic heterocycles. The summed E-state index contributed by atoms with van der Waals surface area (Å²) in [5.41, 5.74) is -1.14. The zero-order valence-electron chi connectivity index (χ0n) is 9.67. The van der Waals surface area contributed by atoms with Crippen LogP contribution in [0.15, 0.2) is 22.9 Å². The van der Waals surface area contributed by atoms with E-state index in [1.165, 1.54) is 0 Å². The van der Waals surface area contributed by atoms with Crippen molar-refractivity contribution in [2.45, 2.75) is 18.3 Å². The van der Waals surface area contributed by atoms with Crippen molar-refractivity contribution >= 4 is 15.9 Å². The Morgan fingerprint density at radius 2 is 2.11 bits per heavy atom. The minimum Gasteiger partial charge on any atom is -0.366 e. The molecule has 1 saturated heterocycles. The van der Waals surface area contributed by atoms with Gasteiger partial charge in [0, 0.05) is 43.6 Å². The van der Waals surface area contributed by atoms with Crippen LogP contribution in [0.5, 0.6) is 0 Å². The number of likely N-dealkylation sites (tertiary alicyclic amines) is 1. The molecule has 7 heteroatoms. The fourth-order valence-corrected chi connectivity index (χ4v) is 2.42. The van der Waals surface area contributed by atoms with Gasteiger partial charge in [-0.25, -0.2) is 0 Å². The van der Waals surface area contributed by atoms with E-state index in [0.717, 1.165) is 17.1 Å². The van der Waals surface area contributed by atoms with Crippen LogP contribution in [0.2, 0.25) is 0 Å². The highest BCUT2D eigenvalue weighted by Gasteiger charge is 2.62. The number of alkyl halides is 3. The van der Waals surface area contributed by atoms with Crippen LogP contribution in [0.1, 0.15) is 5.56 Å². The first-order valence-electron chi connectivity index (χ1n) is 5.30. The second kappa shape index (κ2) is 4.79. The molecule has 3 nitrogen and oxygen atoms in total. The number of hydrogen-bond donors (Lipinski definition) is 0. The second-order valence-electron chi connectivity index (χ2n) is 4.35. The van der Waals surface area contributed by atoms with Crippen molar-refractivity contribution in [1.82, 2.24) is 9.88 Å². The number of hydrogen-bond acceptors (Lipinski definition) is 3. The highest BCUT2D eigenvalue weighted by molar-refractivity contribution is 9.10. The Balaban J connectivity index is 1.97. The lowest BCUT2D eigenvalue weighted by Crippen LogP contribution is -2.69. The van der Waals surface area contributed by atoms with Crippen LogP contribution in [-0.2, 0) is 11.3 Å². The standard InChI is InChI=1S/C11H12BrF3N2O/c1-18-10(11(13,14)15)6-17(7-10)5-8-2-9(12)4-16-3-8/h2-4H,5-7H2,1H3. The molecule has 0 unspecified atom stereocenters. The van der Waals surface area contributed by atoms with Gasteiger partial charge in [-0.05, 0) is 27.6 Å². The predicted molar refractivity (Wildman–Crippen MR) is 63.0 cm³/mol. The molecule has 1 aliphatic rings. The van der Waals surface area contributed by atoms with Gasteiger partial charge >= 0.3 is 6.18 Å². The van der Waals surface area contributed by atoms with Gasteiger partial charge in [0.1, 0.15) is 0 Å². The summed E-state index contributed by atoms with van der Waals surface area (Å²) in [7, 11) is 1.10. The molecule has 0 aromatic carbocycles. The number of methoxy groups -OCH3 is 1. The predicted octanol–water partition coefficient (Wildman–Crippen LogP) is 2.61. The molecule has 0 N–H and O–H groups in total. The molecule has 0 atom stereocenters. The zero-order valence-corrected chi connectivity index (χ0v) is 11.3. The molecule has 2 heterocycles. The first kappa shape index (κ1) is 13.8. The van der Waals surface area contributed by atoms with E-state index in [1.807, 2.05) is 6.07 Å². The van der Waals surface area contributed by atoms with E-state index in [9.17, 15) is 13.2 Å². The third kappa shape index (κ3) is 2.53. The Kier molecular flexibility index (Phi) is 3.66. The maximum atomic E-state index is 12.8. The van der Waals surface area contributed by atoms with Gasteiger partial charge in [0.2, 0.25) is 0 Å². The van der Waals surface area contributed by atoms with E-state index in [1.54, 1.807) is 17.3 Å². The largest absolute Gasteiger partial charge is 0.419 e. The van der Waals surface area contributed by atoms with Gasteiger partial charge in [0.15, 0.2) is 5.60 Å². The molecule has 0 saturated carbocycles. The molecule has 100 valence electrons. The summed E-state index contributed by atoms with van der Waals surface area (Å²) in [6.07, 6.45) is -1.05. The van der Waals surface area contributed by atoms with E-state index >= 15 is 0 Å². The maximum Gasteiger partial charge on any atom is 0.419 e. The van der Waals surface area contributed by atoms with E-state index in [2.05, 4.69) is 25.7 Å². The van der Waals surface area contributed by atoms with Crippen molar-refractivity contribution < 1.29 is 17.9 Å². The zero-order chi connectivity index (χ0) is 13.4. The molecule has 1 fully saturated rings. The second-order valence-corrected chi connectivity index (χ2v) is 5.27. The summed E-state index contributed by atoms with van der Waals surface area (Å²) >= 11 is 3.27. The topological polar surface area (TPSA) is 25.4 Å². The Bertz CT molecular complexity index is 433. The molecule has 0 radical (unpaired) electrons. The fourth-order valence-electron chi connectivity index (χ4n) is 2.01. The maximum absolute atomic E-state index is 12.8. The number of pyridine rings is 1. The van der Waals surface area contributed by atoms with Crippen molar-refractivity contribution in [1.29, 1.82) is 0 Å². The quantitative estimate of drug-likeness (QED) is 0.854. The third-order valence-electron chi connectivity index (χ3n) is 3.03. The lowest BCUT2D eigenvalue weighted by Gasteiger charge is -2.49. The molecule has 2 rings (SSSR count). The molecule has 0 spiro atoms. The summed E-state index contributed by atoms with van der Waals surface area (Å²) in [6, 6.07) is 1.84. The minimum atomic E-state index is -4.33. The average Bonchev–Trinajstić information content (AvgIpc) is 2.21. The number of ether oxygens (including phenoxy) is 1. The summed E-state index contributed by atoms with van der Waals surface area (Å²) in [6.45, 7) is 0.159. The fraction of sp³-hybridized carbons (Fsp3) is 0.545. The third-order valence-corrected chi connectivity index (χ3v) is 3.47. The first-order valence-corrected chi connectivity index (χ1v) is 6.09. The van der Waals surface area contributed by atoms with Gasteiger partial charge in [-0.2, -0.15) is 13.2 Å². The molecule has 0 bridgehead atoms. The molecule has 1 aromatic heterocycles. The van der Waals surface area contributed by atoms with E-state index in [-0.39, 0.29) is 13.1 Å². The monoisotopic (exact) mass is 324 g/mol. The van der Waals surface area contributed by atoms with Crippen LogP contribution in [0, 0.1) is 0 Å². The molecule has 1 aromatic rings. The molecule has 0 aliphatic carbocycles. The van der Waals surface area contributed by atoms with E-state index in [0.29, 0.717) is 6.54 Å². The van der Waals surface area contributed by atoms with Crippen LogP contribution >= 0.6 is 15.9 Å². The smallest absolute Gasteiger partial charge is 0.366 e. The van der Waals surface area contributed by atoms with Gasteiger partial charge < -0.3 is 4.74 Å². The van der Waals surface area contributed by atoms with Gasteiger partial charge in [0.05, 0.1) is 0 Å². The molecular weight excluding hydrogens is 313 g/mol. The Morgan fingerprint density at radius 3 is 2.61 bits per heavy atom. The summed E-state index contributed by atoms with van der Waals surface area (Å²) in [4.78, 5) is 5.65. The Labute approximate surface area is 111 Å². The van der Waals surface area contributed by atoms with Gasteiger partial charge in [-0.1, -0.05) is 0 Å². The number of halogens is 4. The van der Waals surface area contributed by atoms with Crippen molar-refractivity contribution in [2.75, 3.05) is 20.2 Å². The highest BCUT2D eigenvalue weighted by Crippen LogP contribution is 2.40. The van der Waals surface area contributed by atoms with Gasteiger partial charge in [0.25, 0.3) is 0 Å². The van der Waals surface area contributed by atoms with Crippen molar-refractivity contribution in [3.05, 3.63) is 28.5 Å². The van der Waals surface area contributed by atoms with Crippen molar-refractivity contribution in [3.8, 4) is 0 Å². The summed E-state index contributed by atoms with van der Waals surface area (Å²) in [5.74, 6) is 0. The van der Waals surface area contributed by atoms with Crippen molar-refractivity contribution in [3.63, 3.8) is 0 Å². The Hall–Kier alpha value is -0.660. The lowest BCUT2D eigenvalue weighted by atomic mass is 9.92.